The van der Waals surface area contributed by atoms with Gasteiger partial charge < -0.3 is 5.73 Å². The third-order valence-electron chi connectivity index (χ3n) is 2.37. The van der Waals surface area contributed by atoms with E-state index >= 15 is 0 Å². The fourth-order valence-electron chi connectivity index (χ4n) is 1.64. The minimum Gasteiger partial charge on any atom is -0.396 e. The Kier molecular flexibility index (Phi) is 2.75. The molecule has 0 amide bonds. The van der Waals surface area contributed by atoms with Gasteiger partial charge in [-0.2, -0.15) is 0 Å². The van der Waals surface area contributed by atoms with Gasteiger partial charge in [-0.25, -0.2) is 13.6 Å². The monoisotopic (exact) mass is 243 g/mol. The first kappa shape index (κ1) is 11.2. The number of nitrogen functional groups attached to an aromatic ring is 1. The minimum atomic E-state index is -3.79. The highest BCUT2D eigenvalue weighted by atomic mass is 32.2. The first-order valence-corrected chi connectivity index (χ1v) is 6.36. The Morgan fingerprint density at radius 2 is 2.12 bits per heavy atom. The fraction of sp³-hybridized carbons (Fsp3) is 0.333. The van der Waals surface area contributed by atoms with Crippen molar-refractivity contribution in [3.8, 4) is 0 Å². The molecule has 1 aliphatic heterocycles. The summed E-state index contributed by atoms with van der Waals surface area (Å²) in [6.07, 6.45) is 0.888. The number of benzene rings is 1. The Balaban J connectivity index is 2.48. The number of sulfonamides is 1. The molecule has 0 aromatic heterocycles. The summed E-state index contributed by atoms with van der Waals surface area (Å²) in [6, 6.07) is 4.67. The molecule has 0 atom stereocenters. The average Bonchev–Trinajstić information content (AvgIpc) is 2.69. The van der Waals surface area contributed by atoms with E-state index in [1.165, 1.54) is 6.07 Å². The lowest BCUT2D eigenvalue weighted by Crippen LogP contribution is -2.20. The van der Waals surface area contributed by atoms with Crippen LogP contribution in [0.2, 0.25) is 0 Å². The maximum Gasteiger partial charge on any atom is 0.240 e. The Bertz CT molecular complexity index is 495. The van der Waals surface area contributed by atoms with E-state index in [1.807, 2.05) is 0 Å². The van der Waals surface area contributed by atoms with E-state index in [4.69, 9.17) is 15.7 Å². The van der Waals surface area contributed by atoms with Crippen LogP contribution in [0.25, 0.3) is 0 Å². The molecule has 0 radical (unpaired) electrons. The molecule has 2 rings (SSSR count). The lowest BCUT2D eigenvalue weighted by molar-refractivity contribution is 0.168. The first-order valence-electron chi connectivity index (χ1n) is 4.82. The predicted molar refractivity (Wildman–Crippen MR) is 60.1 cm³/mol. The predicted octanol–water partition coefficient (Wildman–Crippen LogP) is 0.0579. The molecule has 0 bridgehead atoms. The number of rotatable bonds is 2. The van der Waals surface area contributed by atoms with Crippen molar-refractivity contribution in [1.29, 1.82) is 0 Å². The molecule has 1 fully saturated rings. The van der Waals surface area contributed by atoms with Gasteiger partial charge in [0.2, 0.25) is 10.0 Å². The van der Waals surface area contributed by atoms with Gasteiger partial charge in [0.15, 0.2) is 0 Å². The first-order chi connectivity index (χ1) is 7.50. The largest absolute Gasteiger partial charge is 0.396 e. The molecule has 1 saturated heterocycles. The summed E-state index contributed by atoms with van der Waals surface area (Å²) >= 11 is 0. The van der Waals surface area contributed by atoms with Crippen molar-refractivity contribution in [1.82, 2.24) is 0 Å². The molecule has 1 aromatic rings. The van der Waals surface area contributed by atoms with E-state index in [2.05, 4.69) is 0 Å². The summed E-state index contributed by atoms with van der Waals surface area (Å²) in [4.78, 5) is 5.24. The molecule has 1 aliphatic rings. The van der Waals surface area contributed by atoms with Crippen molar-refractivity contribution in [3.63, 3.8) is 0 Å². The zero-order valence-electron chi connectivity index (χ0n) is 8.59. The highest BCUT2D eigenvalue weighted by molar-refractivity contribution is 7.89. The average molecular weight is 243 g/mol. The van der Waals surface area contributed by atoms with E-state index in [9.17, 15) is 8.42 Å². The van der Waals surface area contributed by atoms with Crippen LogP contribution in [-0.2, 0) is 14.9 Å². The molecular formula is C9H13N3O3S. The van der Waals surface area contributed by atoms with Crippen molar-refractivity contribution < 1.29 is 13.3 Å². The van der Waals surface area contributed by atoms with E-state index in [1.54, 1.807) is 17.2 Å². The SMILES string of the molecule is Nc1c(N2CCCO2)cccc1S(N)(=O)=O. The van der Waals surface area contributed by atoms with Gasteiger partial charge in [-0.05, 0) is 18.6 Å². The normalized spacial score (nSPS) is 16.7. The highest BCUT2D eigenvalue weighted by Crippen LogP contribution is 2.30. The zero-order valence-corrected chi connectivity index (χ0v) is 9.40. The summed E-state index contributed by atoms with van der Waals surface area (Å²) in [6.45, 7) is 1.30. The Hall–Kier alpha value is -1.31. The number of para-hydroxylation sites is 1. The topological polar surface area (TPSA) is 98.6 Å². The number of anilines is 2. The number of nitrogens with two attached hydrogens (primary N) is 2. The zero-order chi connectivity index (χ0) is 11.8. The fourth-order valence-corrected chi connectivity index (χ4v) is 2.31. The highest BCUT2D eigenvalue weighted by Gasteiger charge is 2.20. The molecule has 1 heterocycles. The van der Waals surface area contributed by atoms with E-state index < -0.39 is 10.0 Å². The van der Waals surface area contributed by atoms with Crippen molar-refractivity contribution in [2.75, 3.05) is 23.9 Å². The summed E-state index contributed by atoms with van der Waals surface area (Å²) in [7, 11) is -3.79. The number of primary sulfonamides is 1. The lowest BCUT2D eigenvalue weighted by atomic mass is 10.2. The van der Waals surface area contributed by atoms with Crippen LogP contribution in [-0.4, -0.2) is 21.6 Å². The molecule has 4 N–H and O–H groups in total. The summed E-state index contributed by atoms with van der Waals surface area (Å²) in [5.74, 6) is 0. The second-order valence-corrected chi connectivity index (χ2v) is 5.05. The van der Waals surface area contributed by atoms with Gasteiger partial charge in [-0.15, -0.1) is 0 Å². The van der Waals surface area contributed by atoms with Crippen LogP contribution in [0.4, 0.5) is 11.4 Å². The number of hydroxylamine groups is 1. The molecule has 0 aliphatic carbocycles. The van der Waals surface area contributed by atoms with Crippen molar-refractivity contribution >= 4 is 21.4 Å². The third kappa shape index (κ3) is 1.97. The maximum atomic E-state index is 11.3. The van der Waals surface area contributed by atoms with Crippen LogP contribution in [0.5, 0.6) is 0 Å². The van der Waals surface area contributed by atoms with Crippen LogP contribution in [0.15, 0.2) is 23.1 Å². The molecular weight excluding hydrogens is 230 g/mol. The molecule has 0 spiro atoms. The molecule has 0 saturated carbocycles. The van der Waals surface area contributed by atoms with Crippen molar-refractivity contribution in [2.45, 2.75) is 11.3 Å². The Morgan fingerprint density at radius 3 is 2.69 bits per heavy atom. The van der Waals surface area contributed by atoms with Gasteiger partial charge in [-0.1, -0.05) is 6.07 Å². The minimum absolute atomic E-state index is 0.0690. The maximum absolute atomic E-state index is 11.3. The van der Waals surface area contributed by atoms with E-state index in [0.717, 1.165) is 6.42 Å². The number of hydrogen-bond donors (Lipinski definition) is 2. The quantitative estimate of drug-likeness (QED) is 0.715. The van der Waals surface area contributed by atoms with Gasteiger partial charge in [-0.3, -0.25) is 9.90 Å². The van der Waals surface area contributed by atoms with Crippen molar-refractivity contribution in [3.05, 3.63) is 18.2 Å². The standard InChI is InChI=1S/C9H13N3O3S/c10-9-7(12-5-2-6-15-12)3-1-4-8(9)16(11,13)14/h1,3-4H,2,5-6,10H2,(H2,11,13,14). The molecule has 88 valence electrons. The van der Waals surface area contributed by atoms with Gasteiger partial charge in [0.25, 0.3) is 0 Å². The lowest BCUT2D eigenvalue weighted by Gasteiger charge is -2.19. The van der Waals surface area contributed by atoms with Gasteiger partial charge >= 0.3 is 0 Å². The number of nitrogens with zero attached hydrogens (tertiary/aromatic N) is 1. The second-order valence-electron chi connectivity index (χ2n) is 3.52. The summed E-state index contributed by atoms with van der Waals surface area (Å²) in [5, 5.41) is 6.65. The Morgan fingerprint density at radius 1 is 1.38 bits per heavy atom. The second kappa shape index (κ2) is 3.93. The summed E-state index contributed by atoms with van der Waals surface area (Å²) in [5.41, 5.74) is 6.45. The molecule has 16 heavy (non-hydrogen) atoms. The molecule has 0 unspecified atom stereocenters. The van der Waals surface area contributed by atoms with E-state index in [0.29, 0.717) is 18.8 Å². The summed E-state index contributed by atoms with van der Waals surface area (Å²) < 4.78 is 22.5. The van der Waals surface area contributed by atoms with Crippen LogP contribution >= 0.6 is 0 Å². The smallest absolute Gasteiger partial charge is 0.240 e. The Labute approximate surface area is 93.8 Å². The van der Waals surface area contributed by atoms with Crippen LogP contribution in [0.1, 0.15) is 6.42 Å². The van der Waals surface area contributed by atoms with Crippen molar-refractivity contribution in [2.24, 2.45) is 5.14 Å². The molecule has 6 nitrogen and oxygen atoms in total. The third-order valence-corrected chi connectivity index (χ3v) is 3.34. The van der Waals surface area contributed by atoms with Gasteiger partial charge in [0.05, 0.1) is 18.0 Å². The molecule has 7 heteroatoms. The number of hydrogen-bond acceptors (Lipinski definition) is 5. The van der Waals surface area contributed by atoms with Crippen LogP contribution in [0.3, 0.4) is 0 Å². The van der Waals surface area contributed by atoms with Gasteiger partial charge in [0, 0.05) is 6.54 Å². The van der Waals surface area contributed by atoms with E-state index in [-0.39, 0.29) is 10.6 Å². The van der Waals surface area contributed by atoms with Gasteiger partial charge in [0.1, 0.15) is 4.90 Å². The molecule has 1 aromatic carbocycles. The van der Waals surface area contributed by atoms with Crippen LogP contribution in [0, 0.1) is 0 Å². The van der Waals surface area contributed by atoms with Crippen LogP contribution < -0.4 is 15.9 Å².